The third-order valence-electron chi connectivity index (χ3n) is 5.27. The predicted molar refractivity (Wildman–Crippen MR) is 114 cm³/mol. The van der Waals surface area contributed by atoms with Gasteiger partial charge in [-0.3, -0.25) is 14.7 Å². The number of aryl methyl sites for hydroxylation is 1. The second kappa shape index (κ2) is 8.17. The fourth-order valence-corrected chi connectivity index (χ4v) is 3.46. The van der Waals surface area contributed by atoms with E-state index in [9.17, 15) is 14.0 Å². The van der Waals surface area contributed by atoms with E-state index < -0.39 is 11.0 Å². The maximum Gasteiger partial charge on any atom is 0.414 e. The highest BCUT2D eigenvalue weighted by Crippen LogP contribution is 2.32. The third kappa shape index (κ3) is 4.86. The first-order valence-electron chi connectivity index (χ1n) is 10.3. The van der Waals surface area contributed by atoms with Crippen molar-refractivity contribution in [3.63, 3.8) is 0 Å². The lowest BCUT2D eigenvalue weighted by atomic mass is 9.81. The molecule has 6 heteroatoms. The Hall–Kier alpha value is -2.76. The van der Waals surface area contributed by atoms with Crippen LogP contribution < -0.4 is 4.90 Å². The summed E-state index contributed by atoms with van der Waals surface area (Å²) in [5.41, 5.74) is 1.59. The van der Waals surface area contributed by atoms with Gasteiger partial charge in [-0.15, -0.1) is 0 Å². The molecule has 30 heavy (non-hydrogen) atoms. The smallest absolute Gasteiger partial charge is 0.414 e. The Morgan fingerprint density at radius 1 is 1.07 bits per heavy atom. The molecule has 0 atom stereocenters. The van der Waals surface area contributed by atoms with Crippen LogP contribution in [0.4, 0.5) is 14.9 Å². The molecule has 1 aliphatic rings. The molecule has 0 radical (unpaired) electrons. The minimum atomic E-state index is -0.808. The van der Waals surface area contributed by atoms with E-state index in [4.69, 9.17) is 9.72 Å². The van der Waals surface area contributed by atoms with Gasteiger partial charge in [0, 0.05) is 13.0 Å². The van der Waals surface area contributed by atoms with Gasteiger partial charge in [0.1, 0.15) is 17.2 Å². The van der Waals surface area contributed by atoms with Gasteiger partial charge < -0.3 is 4.74 Å². The van der Waals surface area contributed by atoms with Crippen LogP contribution in [-0.4, -0.2) is 29.0 Å². The molecule has 0 saturated heterocycles. The van der Waals surface area contributed by atoms with E-state index in [1.165, 1.54) is 12.1 Å². The number of ether oxygens (including phenoxy) is 1. The maximum atomic E-state index is 13.1. The van der Waals surface area contributed by atoms with Crippen LogP contribution in [0.5, 0.6) is 0 Å². The van der Waals surface area contributed by atoms with Gasteiger partial charge in [-0.05, 0) is 77.3 Å². The minimum Gasteiger partial charge on any atom is -0.443 e. The molecule has 1 aliphatic heterocycles. The number of amides is 1. The first-order chi connectivity index (χ1) is 14.0. The van der Waals surface area contributed by atoms with Crippen LogP contribution >= 0.6 is 0 Å². The lowest BCUT2D eigenvalue weighted by molar-refractivity contribution is -0.123. The van der Waals surface area contributed by atoms with Gasteiger partial charge in [0.2, 0.25) is 0 Å². The number of anilines is 1. The van der Waals surface area contributed by atoms with Gasteiger partial charge in [0.15, 0.2) is 0 Å². The number of Topliss-reactive ketones (excluding diaryl/α,β-unsaturated/α-hetero) is 1. The van der Waals surface area contributed by atoms with E-state index >= 15 is 0 Å². The molecule has 0 fully saturated rings. The summed E-state index contributed by atoms with van der Waals surface area (Å²) >= 11 is 0. The zero-order valence-electron chi connectivity index (χ0n) is 18.3. The van der Waals surface area contributed by atoms with Gasteiger partial charge in [-0.1, -0.05) is 12.1 Å². The Balaban J connectivity index is 1.82. The molecule has 1 amide bonds. The molecule has 0 bridgehead atoms. The van der Waals surface area contributed by atoms with Gasteiger partial charge in [0.25, 0.3) is 0 Å². The molecule has 0 unspecified atom stereocenters. The summed E-state index contributed by atoms with van der Waals surface area (Å²) in [7, 11) is 0. The normalized spacial score (nSPS) is 14.3. The van der Waals surface area contributed by atoms with E-state index in [0.717, 1.165) is 29.8 Å². The Morgan fingerprint density at radius 2 is 1.73 bits per heavy atom. The number of pyridine rings is 1. The first-order valence-corrected chi connectivity index (χ1v) is 10.3. The fourth-order valence-electron chi connectivity index (χ4n) is 3.46. The second-order valence-corrected chi connectivity index (χ2v) is 9.25. The van der Waals surface area contributed by atoms with Crippen LogP contribution in [0.15, 0.2) is 36.4 Å². The van der Waals surface area contributed by atoms with Crippen LogP contribution in [0.2, 0.25) is 0 Å². The summed E-state index contributed by atoms with van der Waals surface area (Å²) in [5.74, 6) is -0.322. The van der Waals surface area contributed by atoms with Crippen LogP contribution in [0.3, 0.4) is 0 Å². The number of ketones is 1. The number of hydrogen-bond acceptors (Lipinski definition) is 4. The Morgan fingerprint density at radius 3 is 2.37 bits per heavy atom. The van der Waals surface area contributed by atoms with Gasteiger partial charge >= 0.3 is 6.09 Å². The topological polar surface area (TPSA) is 59.5 Å². The van der Waals surface area contributed by atoms with E-state index in [1.54, 1.807) is 17.0 Å². The van der Waals surface area contributed by atoms with Gasteiger partial charge in [-0.25, -0.2) is 9.18 Å². The molecule has 1 aromatic carbocycles. The van der Waals surface area contributed by atoms with Crippen molar-refractivity contribution < 1.29 is 18.7 Å². The molecule has 2 heterocycles. The molecule has 2 aromatic rings. The van der Waals surface area contributed by atoms with Gasteiger partial charge in [0.05, 0.1) is 22.5 Å². The molecule has 3 rings (SSSR count). The number of rotatable bonds is 4. The average molecular weight is 413 g/mol. The van der Waals surface area contributed by atoms with Crippen LogP contribution in [0.25, 0.3) is 0 Å². The summed E-state index contributed by atoms with van der Waals surface area (Å²) in [4.78, 5) is 32.0. The number of hydrogen-bond donors (Lipinski definition) is 0. The van der Waals surface area contributed by atoms with Crippen molar-refractivity contribution in [3.8, 4) is 0 Å². The molecule has 1 aromatic heterocycles. The highest BCUT2D eigenvalue weighted by molar-refractivity contribution is 5.91. The monoisotopic (exact) mass is 412 g/mol. The molecule has 0 aliphatic carbocycles. The lowest BCUT2D eigenvalue weighted by Crippen LogP contribution is -2.40. The SMILES string of the molecule is CC(C)(C)OC(=O)N1CCCc2nc(C(C)(C)C(=O)Cc3ccc(F)cc3)ccc21. The lowest BCUT2D eigenvalue weighted by Gasteiger charge is -2.32. The summed E-state index contributed by atoms with van der Waals surface area (Å²) < 4.78 is 18.7. The largest absolute Gasteiger partial charge is 0.443 e. The molecular weight excluding hydrogens is 383 g/mol. The predicted octanol–water partition coefficient (Wildman–Crippen LogP) is 5.00. The van der Waals surface area contributed by atoms with Crippen molar-refractivity contribution in [2.75, 3.05) is 11.4 Å². The number of benzene rings is 1. The van der Waals surface area contributed by atoms with E-state index in [-0.39, 0.29) is 24.1 Å². The fraction of sp³-hybridized carbons (Fsp3) is 0.458. The van der Waals surface area contributed by atoms with Gasteiger partial charge in [-0.2, -0.15) is 0 Å². The van der Waals surface area contributed by atoms with Crippen molar-refractivity contribution in [1.29, 1.82) is 0 Å². The number of halogens is 1. The second-order valence-electron chi connectivity index (χ2n) is 9.25. The number of aromatic nitrogens is 1. The highest BCUT2D eigenvalue weighted by Gasteiger charge is 2.33. The molecule has 5 nitrogen and oxygen atoms in total. The molecule has 0 saturated carbocycles. The molecule has 0 N–H and O–H groups in total. The quantitative estimate of drug-likeness (QED) is 0.709. The first kappa shape index (κ1) is 21.9. The average Bonchev–Trinajstić information content (AvgIpc) is 2.67. The Labute approximate surface area is 177 Å². The standard InChI is InChI=1S/C24H29FN2O3/c1-23(2,3)30-22(29)27-14-6-7-18-19(27)12-13-20(26-18)24(4,5)21(28)15-16-8-10-17(25)11-9-16/h8-13H,6-7,14-15H2,1-5H3. The number of carbonyl (C=O) groups excluding carboxylic acids is 2. The zero-order valence-corrected chi connectivity index (χ0v) is 18.3. The number of fused-ring (bicyclic) bond motifs is 1. The third-order valence-corrected chi connectivity index (χ3v) is 5.27. The molecular formula is C24H29FN2O3. The van der Waals surface area contributed by atoms with Crippen molar-refractivity contribution >= 4 is 17.6 Å². The van der Waals surface area contributed by atoms with E-state index in [2.05, 4.69) is 0 Å². The van der Waals surface area contributed by atoms with E-state index in [1.807, 2.05) is 46.8 Å². The van der Waals surface area contributed by atoms with Crippen molar-refractivity contribution in [2.45, 2.75) is 64.9 Å². The summed E-state index contributed by atoms with van der Waals surface area (Å²) in [6.45, 7) is 9.80. The summed E-state index contributed by atoms with van der Waals surface area (Å²) in [5, 5.41) is 0. The minimum absolute atomic E-state index is 0.00126. The molecule has 160 valence electrons. The van der Waals surface area contributed by atoms with Crippen LogP contribution in [0.1, 0.15) is 58.0 Å². The van der Waals surface area contributed by atoms with Crippen LogP contribution in [-0.2, 0) is 27.8 Å². The highest BCUT2D eigenvalue weighted by atomic mass is 19.1. The number of carbonyl (C=O) groups is 2. The molecule has 0 spiro atoms. The van der Waals surface area contributed by atoms with Crippen LogP contribution in [0, 0.1) is 5.82 Å². The number of nitrogens with zero attached hydrogens (tertiary/aromatic N) is 2. The summed E-state index contributed by atoms with van der Waals surface area (Å²) in [6.07, 6.45) is 1.35. The zero-order chi connectivity index (χ0) is 22.1. The Bertz CT molecular complexity index is 946. The van der Waals surface area contributed by atoms with E-state index in [0.29, 0.717) is 12.2 Å². The maximum absolute atomic E-state index is 13.1. The summed E-state index contributed by atoms with van der Waals surface area (Å²) in [6, 6.07) is 9.64. The van der Waals surface area contributed by atoms with Crippen molar-refractivity contribution in [2.24, 2.45) is 0 Å². The van der Waals surface area contributed by atoms with Crippen molar-refractivity contribution in [1.82, 2.24) is 4.98 Å². The Kier molecular flexibility index (Phi) is 5.97. The van der Waals surface area contributed by atoms with Crippen molar-refractivity contribution in [3.05, 3.63) is 59.2 Å².